The van der Waals surface area contributed by atoms with Gasteiger partial charge in [-0.05, 0) is 35.6 Å². The predicted molar refractivity (Wildman–Crippen MR) is 59.6 cm³/mol. The smallest absolute Gasteiger partial charge is 0.166 e. The lowest BCUT2D eigenvalue weighted by Crippen LogP contribution is -2.11. The highest BCUT2D eigenvalue weighted by Gasteiger charge is 2.31. The summed E-state index contributed by atoms with van der Waals surface area (Å²) in [5.41, 5.74) is -0.125. The first kappa shape index (κ1) is 13.4. The molecule has 90 valence electrons. The standard InChI is InChI=1S/C12H14ClF3/c1-11(2,3)7-8-4-9(12(14,15)16)6-10(13)5-8/h4-6H,7H2,1-3H3. The van der Waals surface area contributed by atoms with Crippen molar-refractivity contribution in [2.45, 2.75) is 33.4 Å². The van der Waals surface area contributed by atoms with Crippen molar-refractivity contribution in [2.24, 2.45) is 5.41 Å². The zero-order valence-corrected chi connectivity index (χ0v) is 10.2. The van der Waals surface area contributed by atoms with Gasteiger partial charge in [0.1, 0.15) is 0 Å². The molecule has 0 bridgehead atoms. The summed E-state index contributed by atoms with van der Waals surface area (Å²) in [5.74, 6) is 0. The second kappa shape index (κ2) is 4.28. The number of alkyl halides is 3. The number of hydrogen-bond acceptors (Lipinski definition) is 0. The molecule has 0 radical (unpaired) electrons. The van der Waals surface area contributed by atoms with Crippen LogP contribution in [0.15, 0.2) is 18.2 Å². The first-order chi connectivity index (χ1) is 7.08. The third-order valence-corrected chi connectivity index (χ3v) is 2.24. The molecular formula is C12H14ClF3. The van der Waals surface area contributed by atoms with Crippen molar-refractivity contribution >= 4 is 11.6 Å². The van der Waals surface area contributed by atoms with Crippen LogP contribution in [0, 0.1) is 5.41 Å². The van der Waals surface area contributed by atoms with E-state index in [1.165, 1.54) is 0 Å². The average molecular weight is 251 g/mol. The Labute approximate surface area is 98.4 Å². The Morgan fingerprint density at radius 2 is 1.62 bits per heavy atom. The van der Waals surface area contributed by atoms with Crippen molar-refractivity contribution in [3.63, 3.8) is 0 Å². The Morgan fingerprint density at radius 1 is 1.06 bits per heavy atom. The van der Waals surface area contributed by atoms with Gasteiger partial charge in [-0.1, -0.05) is 32.4 Å². The van der Waals surface area contributed by atoms with Gasteiger partial charge in [-0.15, -0.1) is 0 Å². The second-order valence-electron chi connectivity index (χ2n) is 5.08. The quantitative estimate of drug-likeness (QED) is 0.662. The molecule has 0 aliphatic rings. The molecule has 0 aromatic heterocycles. The number of rotatable bonds is 1. The van der Waals surface area contributed by atoms with Crippen molar-refractivity contribution in [2.75, 3.05) is 0 Å². The minimum atomic E-state index is -4.34. The monoisotopic (exact) mass is 250 g/mol. The molecule has 16 heavy (non-hydrogen) atoms. The summed E-state index contributed by atoms with van der Waals surface area (Å²) in [6, 6.07) is 3.70. The summed E-state index contributed by atoms with van der Waals surface area (Å²) in [6.07, 6.45) is -3.77. The van der Waals surface area contributed by atoms with Gasteiger partial charge in [0.25, 0.3) is 0 Å². The molecular weight excluding hydrogens is 237 g/mol. The van der Waals surface area contributed by atoms with Crippen molar-refractivity contribution in [1.82, 2.24) is 0 Å². The van der Waals surface area contributed by atoms with E-state index < -0.39 is 11.7 Å². The minimum Gasteiger partial charge on any atom is -0.166 e. The van der Waals surface area contributed by atoms with Crippen molar-refractivity contribution in [1.29, 1.82) is 0 Å². The summed E-state index contributed by atoms with van der Waals surface area (Å²) in [6.45, 7) is 5.92. The lowest BCUT2D eigenvalue weighted by atomic mass is 9.87. The van der Waals surface area contributed by atoms with Gasteiger partial charge >= 0.3 is 6.18 Å². The Morgan fingerprint density at radius 3 is 2.06 bits per heavy atom. The largest absolute Gasteiger partial charge is 0.416 e. The molecule has 0 nitrogen and oxygen atoms in total. The first-order valence-corrected chi connectivity index (χ1v) is 5.32. The summed E-state index contributed by atoms with van der Waals surface area (Å²) < 4.78 is 37.6. The zero-order chi connectivity index (χ0) is 12.6. The second-order valence-corrected chi connectivity index (χ2v) is 5.52. The van der Waals surface area contributed by atoms with E-state index in [9.17, 15) is 13.2 Å². The fraction of sp³-hybridized carbons (Fsp3) is 0.500. The van der Waals surface area contributed by atoms with Crippen molar-refractivity contribution in [3.05, 3.63) is 34.3 Å². The van der Waals surface area contributed by atoms with Crippen LogP contribution in [0.1, 0.15) is 31.9 Å². The summed E-state index contributed by atoms with van der Waals surface area (Å²) in [5, 5.41) is 0.133. The van der Waals surface area contributed by atoms with Crippen molar-refractivity contribution < 1.29 is 13.2 Å². The molecule has 0 aliphatic heterocycles. The summed E-state index contributed by atoms with van der Waals surface area (Å²) >= 11 is 5.68. The van der Waals surface area contributed by atoms with Gasteiger partial charge in [0.15, 0.2) is 0 Å². The van der Waals surface area contributed by atoms with Crippen LogP contribution in [0.3, 0.4) is 0 Å². The molecule has 0 N–H and O–H groups in total. The number of hydrogen-bond donors (Lipinski definition) is 0. The molecule has 1 aromatic rings. The first-order valence-electron chi connectivity index (χ1n) is 4.95. The van der Waals surface area contributed by atoms with E-state index >= 15 is 0 Å². The molecule has 0 heterocycles. The molecule has 0 fully saturated rings. The highest BCUT2D eigenvalue weighted by atomic mass is 35.5. The van der Waals surface area contributed by atoms with Crippen LogP contribution in [0.5, 0.6) is 0 Å². The normalized spacial score (nSPS) is 12.9. The van der Waals surface area contributed by atoms with E-state index in [1.807, 2.05) is 20.8 Å². The maximum atomic E-state index is 12.5. The molecule has 4 heteroatoms. The average Bonchev–Trinajstić information content (AvgIpc) is 1.97. The molecule has 0 aliphatic carbocycles. The fourth-order valence-electron chi connectivity index (χ4n) is 1.53. The SMILES string of the molecule is CC(C)(C)Cc1cc(Cl)cc(C(F)(F)F)c1. The van der Waals surface area contributed by atoms with Crippen LogP contribution in [-0.2, 0) is 12.6 Å². The molecule has 0 unspecified atom stereocenters. The maximum absolute atomic E-state index is 12.5. The van der Waals surface area contributed by atoms with Gasteiger partial charge in [0.05, 0.1) is 5.56 Å². The Hall–Kier alpha value is -0.700. The van der Waals surface area contributed by atoms with Gasteiger partial charge < -0.3 is 0 Å². The highest BCUT2D eigenvalue weighted by molar-refractivity contribution is 6.30. The summed E-state index contributed by atoms with van der Waals surface area (Å²) in [7, 11) is 0. The third-order valence-electron chi connectivity index (χ3n) is 2.02. The van der Waals surface area contributed by atoms with Gasteiger partial charge in [-0.2, -0.15) is 13.2 Å². The van der Waals surface area contributed by atoms with Crippen molar-refractivity contribution in [3.8, 4) is 0 Å². The van der Waals surface area contributed by atoms with Crippen LogP contribution < -0.4 is 0 Å². The lowest BCUT2D eigenvalue weighted by Gasteiger charge is -2.19. The Bertz CT molecular complexity index is 375. The van der Waals surface area contributed by atoms with Crippen LogP contribution in [0.2, 0.25) is 5.02 Å². The number of halogens is 4. The van der Waals surface area contributed by atoms with Crippen LogP contribution in [0.25, 0.3) is 0 Å². The van der Waals surface area contributed by atoms with E-state index in [2.05, 4.69) is 0 Å². The fourth-order valence-corrected chi connectivity index (χ4v) is 1.79. The van der Waals surface area contributed by atoms with Crippen LogP contribution in [-0.4, -0.2) is 0 Å². The molecule has 1 aromatic carbocycles. The van der Waals surface area contributed by atoms with E-state index in [4.69, 9.17) is 11.6 Å². The molecule has 0 amide bonds. The molecule has 0 saturated heterocycles. The van der Waals surface area contributed by atoms with Gasteiger partial charge in [0, 0.05) is 5.02 Å². The maximum Gasteiger partial charge on any atom is 0.416 e. The van der Waals surface area contributed by atoms with Crippen LogP contribution >= 0.6 is 11.6 Å². The number of benzene rings is 1. The zero-order valence-electron chi connectivity index (χ0n) is 9.45. The van der Waals surface area contributed by atoms with E-state index in [1.54, 1.807) is 6.07 Å². The third kappa shape index (κ3) is 4.05. The lowest BCUT2D eigenvalue weighted by molar-refractivity contribution is -0.137. The summed E-state index contributed by atoms with van der Waals surface area (Å²) in [4.78, 5) is 0. The molecule has 0 atom stereocenters. The molecule has 0 saturated carbocycles. The molecule has 1 rings (SSSR count). The van der Waals surface area contributed by atoms with Gasteiger partial charge in [-0.3, -0.25) is 0 Å². The minimum absolute atomic E-state index is 0.0620. The predicted octanol–water partition coefficient (Wildman–Crippen LogP) is 4.95. The Balaban J connectivity index is 3.09. The van der Waals surface area contributed by atoms with Gasteiger partial charge in [0.2, 0.25) is 0 Å². The topological polar surface area (TPSA) is 0 Å². The van der Waals surface area contributed by atoms with E-state index in [0.717, 1.165) is 12.1 Å². The van der Waals surface area contributed by atoms with E-state index in [-0.39, 0.29) is 10.4 Å². The molecule has 0 spiro atoms. The van der Waals surface area contributed by atoms with Crippen LogP contribution in [0.4, 0.5) is 13.2 Å². The van der Waals surface area contributed by atoms with E-state index in [0.29, 0.717) is 12.0 Å². The Kier molecular flexibility index (Phi) is 3.58. The highest BCUT2D eigenvalue weighted by Crippen LogP contribution is 2.33. The van der Waals surface area contributed by atoms with Gasteiger partial charge in [-0.25, -0.2) is 0 Å².